The van der Waals surface area contributed by atoms with Crippen molar-refractivity contribution < 1.29 is 19.1 Å². The summed E-state index contributed by atoms with van der Waals surface area (Å²) in [5, 5.41) is 0. The summed E-state index contributed by atoms with van der Waals surface area (Å²) in [6, 6.07) is 4.78. The fourth-order valence-electron chi connectivity index (χ4n) is 1.66. The van der Waals surface area contributed by atoms with E-state index in [4.69, 9.17) is 15.2 Å². The van der Waals surface area contributed by atoms with Crippen molar-refractivity contribution in [1.29, 1.82) is 0 Å². The highest BCUT2D eigenvalue weighted by Gasteiger charge is 2.14. The molecular weight excluding hydrogens is 272 g/mol. The smallest absolute Gasteiger partial charge is 0.341 e. The van der Waals surface area contributed by atoms with Crippen LogP contribution in [0.25, 0.3) is 0 Å². The second-order valence-corrected chi connectivity index (χ2v) is 4.72. The van der Waals surface area contributed by atoms with Crippen molar-refractivity contribution in [3.05, 3.63) is 23.8 Å². The number of hydrogen-bond donors (Lipinski definition) is 1. The quantitative estimate of drug-likeness (QED) is 0.470. The lowest BCUT2D eigenvalue weighted by molar-refractivity contribution is -0.128. The number of anilines is 1. The van der Waals surface area contributed by atoms with Gasteiger partial charge in [-0.05, 0) is 25.5 Å². The Morgan fingerprint density at radius 2 is 2.00 bits per heavy atom. The van der Waals surface area contributed by atoms with E-state index in [2.05, 4.69) is 0 Å². The molecule has 1 rings (SSSR count). The summed E-state index contributed by atoms with van der Waals surface area (Å²) in [5.74, 6) is -0.0283. The Bertz CT molecular complexity index is 500. The second-order valence-electron chi connectivity index (χ2n) is 4.72. The summed E-state index contributed by atoms with van der Waals surface area (Å²) in [7, 11) is 3.42. The molecule has 0 heterocycles. The fraction of sp³-hybridized carbons (Fsp3) is 0.467. The molecular formula is C15H22N2O4. The first-order valence-electron chi connectivity index (χ1n) is 6.85. The Morgan fingerprint density at radius 1 is 1.29 bits per heavy atom. The van der Waals surface area contributed by atoms with Crippen molar-refractivity contribution >= 4 is 17.6 Å². The van der Waals surface area contributed by atoms with Gasteiger partial charge < -0.3 is 20.1 Å². The molecule has 0 aliphatic heterocycles. The molecule has 0 fully saturated rings. The standard InChI is InChI=1S/C15H22N2O4/c1-4-20-15(19)12-8-7-11(16)10-13(12)21-9-5-6-14(18)17(2)3/h7-8,10H,4-6,9,16H2,1-3H3. The number of nitrogen functional groups attached to an aromatic ring is 1. The van der Waals surface area contributed by atoms with Crippen LogP contribution in [0.4, 0.5) is 5.69 Å². The normalized spacial score (nSPS) is 10.0. The van der Waals surface area contributed by atoms with Crippen LogP contribution >= 0.6 is 0 Å². The third-order valence-corrected chi connectivity index (χ3v) is 2.79. The average Bonchev–Trinajstić information content (AvgIpc) is 2.43. The molecule has 6 heteroatoms. The first kappa shape index (κ1) is 16.8. The van der Waals surface area contributed by atoms with E-state index in [0.717, 1.165) is 0 Å². The molecule has 2 N–H and O–H groups in total. The van der Waals surface area contributed by atoms with Crippen molar-refractivity contribution in [3.63, 3.8) is 0 Å². The molecule has 1 amide bonds. The van der Waals surface area contributed by atoms with Gasteiger partial charge in [-0.25, -0.2) is 4.79 Å². The van der Waals surface area contributed by atoms with Crippen LogP contribution in [0.1, 0.15) is 30.1 Å². The molecule has 0 spiro atoms. The molecule has 0 radical (unpaired) electrons. The van der Waals surface area contributed by atoms with Gasteiger partial charge in [0.15, 0.2) is 0 Å². The number of hydrogen-bond acceptors (Lipinski definition) is 5. The Kier molecular flexibility index (Phi) is 6.52. The van der Waals surface area contributed by atoms with E-state index in [-0.39, 0.29) is 5.91 Å². The molecule has 1 aromatic rings. The van der Waals surface area contributed by atoms with Gasteiger partial charge in [0.25, 0.3) is 0 Å². The number of carbonyl (C=O) groups excluding carboxylic acids is 2. The van der Waals surface area contributed by atoms with Crippen molar-refractivity contribution in [2.45, 2.75) is 19.8 Å². The van der Waals surface area contributed by atoms with E-state index < -0.39 is 5.97 Å². The highest BCUT2D eigenvalue weighted by atomic mass is 16.5. The van der Waals surface area contributed by atoms with Crippen molar-refractivity contribution in [2.24, 2.45) is 0 Å². The Hall–Kier alpha value is -2.24. The van der Waals surface area contributed by atoms with E-state index in [1.165, 1.54) is 4.90 Å². The zero-order valence-electron chi connectivity index (χ0n) is 12.7. The Labute approximate surface area is 124 Å². The lowest BCUT2D eigenvalue weighted by Gasteiger charge is -2.13. The number of nitrogens with two attached hydrogens (primary N) is 1. The number of rotatable bonds is 7. The first-order chi connectivity index (χ1) is 9.95. The van der Waals surface area contributed by atoms with E-state index >= 15 is 0 Å². The topological polar surface area (TPSA) is 81.9 Å². The van der Waals surface area contributed by atoms with E-state index in [1.54, 1.807) is 39.2 Å². The minimum atomic E-state index is -0.447. The van der Waals surface area contributed by atoms with Crippen LogP contribution in [-0.2, 0) is 9.53 Å². The van der Waals surface area contributed by atoms with Crippen LogP contribution in [-0.4, -0.2) is 44.1 Å². The molecule has 0 saturated heterocycles. The number of carbonyl (C=O) groups is 2. The monoisotopic (exact) mass is 294 g/mol. The number of nitrogens with zero attached hydrogens (tertiary/aromatic N) is 1. The average molecular weight is 294 g/mol. The van der Waals surface area contributed by atoms with Gasteiger partial charge in [-0.3, -0.25) is 4.79 Å². The third-order valence-electron chi connectivity index (χ3n) is 2.79. The molecule has 0 saturated carbocycles. The number of benzene rings is 1. The maximum Gasteiger partial charge on any atom is 0.341 e. The van der Waals surface area contributed by atoms with E-state index in [1.807, 2.05) is 0 Å². The number of ether oxygens (including phenoxy) is 2. The SMILES string of the molecule is CCOC(=O)c1ccc(N)cc1OCCCC(=O)N(C)C. The highest BCUT2D eigenvalue weighted by Crippen LogP contribution is 2.23. The van der Waals surface area contributed by atoms with Crippen LogP contribution in [0, 0.1) is 0 Å². The zero-order chi connectivity index (χ0) is 15.8. The van der Waals surface area contributed by atoms with Gasteiger partial charge in [-0.1, -0.05) is 0 Å². The van der Waals surface area contributed by atoms with Crippen LogP contribution in [0.5, 0.6) is 5.75 Å². The Morgan fingerprint density at radius 3 is 2.62 bits per heavy atom. The summed E-state index contributed by atoms with van der Waals surface area (Å²) >= 11 is 0. The largest absolute Gasteiger partial charge is 0.493 e. The van der Waals surface area contributed by atoms with E-state index in [9.17, 15) is 9.59 Å². The molecule has 0 unspecified atom stereocenters. The van der Waals surface area contributed by atoms with Gasteiger partial charge in [-0.15, -0.1) is 0 Å². The van der Waals surface area contributed by atoms with Gasteiger partial charge >= 0.3 is 5.97 Å². The second kappa shape index (κ2) is 8.14. The Balaban J connectivity index is 2.63. The summed E-state index contributed by atoms with van der Waals surface area (Å²) in [6.45, 7) is 2.36. The molecule has 116 valence electrons. The predicted octanol–water partition coefficient (Wildman–Crippen LogP) is 1.69. The summed E-state index contributed by atoms with van der Waals surface area (Å²) in [5.41, 5.74) is 6.54. The number of amides is 1. The molecule has 0 aromatic heterocycles. The maximum atomic E-state index is 11.8. The molecule has 1 aromatic carbocycles. The lowest BCUT2D eigenvalue weighted by Crippen LogP contribution is -2.21. The molecule has 0 aliphatic carbocycles. The first-order valence-corrected chi connectivity index (χ1v) is 6.85. The van der Waals surface area contributed by atoms with Gasteiger partial charge in [-0.2, -0.15) is 0 Å². The zero-order valence-corrected chi connectivity index (χ0v) is 12.7. The minimum absolute atomic E-state index is 0.0387. The van der Waals surface area contributed by atoms with Crippen LogP contribution in [0.2, 0.25) is 0 Å². The molecule has 6 nitrogen and oxygen atoms in total. The summed E-state index contributed by atoms with van der Waals surface area (Å²) < 4.78 is 10.5. The number of esters is 1. The fourth-order valence-corrected chi connectivity index (χ4v) is 1.66. The molecule has 21 heavy (non-hydrogen) atoms. The van der Waals surface area contributed by atoms with E-state index in [0.29, 0.717) is 43.1 Å². The molecule has 0 atom stereocenters. The summed E-state index contributed by atoms with van der Waals surface area (Å²) in [6.07, 6.45) is 0.956. The van der Waals surface area contributed by atoms with Crippen molar-refractivity contribution in [2.75, 3.05) is 33.0 Å². The molecule has 0 bridgehead atoms. The predicted molar refractivity (Wildman–Crippen MR) is 80.2 cm³/mol. The third kappa shape index (κ3) is 5.33. The summed E-state index contributed by atoms with van der Waals surface area (Å²) in [4.78, 5) is 24.8. The van der Waals surface area contributed by atoms with Crippen LogP contribution in [0.3, 0.4) is 0 Å². The highest BCUT2D eigenvalue weighted by molar-refractivity contribution is 5.93. The van der Waals surface area contributed by atoms with Gasteiger partial charge in [0.05, 0.1) is 13.2 Å². The van der Waals surface area contributed by atoms with Crippen molar-refractivity contribution in [1.82, 2.24) is 4.90 Å². The van der Waals surface area contributed by atoms with Gasteiger partial charge in [0.2, 0.25) is 5.91 Å². The lowest BCUT2D eigenvalue weighted by atomic mass is 10.2. The van der Waals surface area contributed by atoms with Gasteiger partial charge in [0.1, 0.15) is 11.3 Å². The maximum absolute atomic E-state index is 11.8. The minimum Gasteiger partial charge on any atom is -0.493 e. The molecule has 0 aliphatic rings. The van der Waals surface area contributed by atoms with Gasteiger partial charge in [0, 0.05) is 32.3 Å². The van der Waals surface area contributed by atoms with Crippen LogP contribution < -0.4 is 10.5 Å². The van der Waals surface area contributed by atoms with Crippen LogP contribution in [0.15, 0.2) is 18.2 Å². The van der Waals surface area contributed by atoms with Crippen molar-refractivity contribution in [3.8, 4) is 5.75 Å².